The summed E-state index contributed by atoms with van der Waals surface area (Å²) in [5, 5.41) is 20.2. The molecule has 2 N–H and O–H groups in total. The smallest absolute Gasteiger partial charge is 0.357 e. The number of aliphatic hydroxyl groups is 1. The van der Waals surface area contributed by atoms with Crippen molar-refractivity contribution in [2.24, 2.45) is 0 Å². The lowest BCUT2D eigenvalue weighted by molar-refractivity contribution is 0.0468. The van der Waals surface area contributed by atoms with Gasteiger partial charge in [-0.25, -0.2) is 14.6 Å². The van der Waals surface area contributed by atoms with E-state index in [2.05, 4.69) is 4.98 Å². The molecule has 0 atom stereocenters. The maximum Gasteiger partial charge on any atom is 0.357 e. The minimum Gasteiger partial charge on any atom is -0.478 e. The van der Waals surface area contributed by atoms with Gasteiger partial charge in [0.25, 0.3) is 0 Å². The number of benzene rings is 2. The van der Waals surface area contributed by atoms with Crippen molar-refractivity contribution in [1.29, 1.82) is 0 Å². The van der Waals surface area contributed by atoms with E-state index >= 15 is 0 Å². The maximum atomic E-state index is 12.9. The van der Waals surface area contributed by atoms with Crippen LogP contribution in [-0.4, -0.2) is 44.9 Å². The molecule has 3 rings (SSSR count). The molecule has 0 radical (unpaired) electrons. The highest BCUT2D eigenvalue weighted by molar-refractivity contribution is 5.96. The summed E-state index contributed by atoms with van der Waals surface area (Å²) in [6.07, 6.45) is 0. The number of carboxylic acid groups (broad SMARTS) is 1. The minimum atomic E-state index is -1.36. The molecule has 1 aromatic heterocycles. The molecule has 0 saturated carbocycles. The zero-order valence-electron chi connectivity index (χ0n) is 20.3. The average molecular weight is 503 g/mol. The van der Waals surface area contributed by atoms with Gasteiger partial charge in [0.15, 0.2) is 5.69 Å². The summed E-state index contributed by atoms with van der Waals surface area (Å²) in [6.45, 7) is 7.85. The molecule has 8 nitrogen and oxygen atoms in total. The summed E-state index contributed by atoms with van der Waals surface area (Å²) in [5.41, 5.74) is 1.53. The average Bonchev–Trinajstić information content (AvgIpc) is 3.17. The Kier molecular flexibility index (Phi) is 9.59. The number of imidazole rings is 1. The number of carbonyl (C=O) groups is 2. The van der Waals surface area contributed by atoms with E-state index in [1.807, 2.05) is 31.2 Å². The highest BCUT2D eigenvalue weighted by Gasteiger charge is 2.32. The molecule has 0 bridgehead atoms. The Hall–Kier alpha value is -3.20. The quantitative estimate of drug-likeness (QED) is 0.388. The third-order valence-corrected chi connectivity index (χ3v) is 5.29. The molecular formula is C26H31ClN2O6. The summed E-state index contributed by atoms with van der Waals surface area (Å²) in [6, 6.07) is 14.3. The van der Waals surface area contributed by atoms with Gasteiger partial charge in [0.1, 0.15) is 23.7 Å². The fourth-order valence-corrected chi connectivity index (χ4v) is 3.70. The summed E-state index contributed by atoms with van der Waals surface area (Å²) in [5.74, 6) is -1.05. The lowest BCUT2D eigenvalue weighted by Gasteiger charge is -2.17. The second kappa shape index (κ2) is 12.0. The van der Waals surface area contributed by atoms with Crippen molar-refractivity contribution in [3.05, 3.63) is 76.9 Å². The van der Waals surface area contributed by atoms with Crippen molar-refractivity contribution in [3.63, 3.8) is 0 Å². The van der Waals surface area contributed by atoms with E-state index in [9.17, 15) is 19.8 Å². The van der Waals surface area contributed by atoms with Gasteiger partial charge in [-0.05, 0) is 50.5 Å². The first kappa shape index (κ1) is 28.0. The molecule has 3 aromatic rings. The van der Waals surface area contributed by atoms with Crippen molar-refractivity contribution in [3.8, 4) is 11.1 Å². The van der Waals surface area contributed by atoms with Crippen molar-refractivity contribution < 1.29 is 29.3 Å². The van der Waals surface area contributed by atoms with E-state index in [1.54, 1.807) is 49.6 Å². The van der Waals surface area contributed by atoms with E-state index in [4.69, 9.17) is 9.47 Å². The van der Waals surface area contributed by atoms with Crippen LogP contribution in [0.3, 0.4) is 0 Å². The van der Waals surface area contributed by atoms with Crippen molar-refractivity contribution in [2.75, 3.05) is 13.2 Å². The maximum absolute atomic E-state index is 12.9. The number of esters is 1. The van der Waals surface area contributed by atoms with Crippen LogP contribution in [-0.2, 0) is 28.2 Å². The molecule has 0 fully saturated rings. The van der Waals surface area contributed by atoms with Crippen LogP contribution in [0.4, 0.5) is 0 Å². The van der Waals surface area contributed by atoms with E-state index < -0.39 is 17.5 Å². The van der Waals surface area contributed by atoms with Gasteiger partial charge in [-0.1, -0.05) is 42.5 Å². The van der Waals surface area contributed by atoms with Gasteiger partial charge in [0.2, 0.25) is 0 Å². The minimum absolute atomic E-state index is 0. The van der Waals surface area contributed by atoms with Crippen LogP contribution in [0.5, 0.6) is 0 Å². The Morgan fingerprint density at radius 2 is 1.69 bits per heavy atom. The Morgan fingerprint density at radius 3 is 2.26 bits per heavy atom. The Balaban J connectivity index is 0.00000432. The number of carbonyl (C=O) groups excluding carboxylic acids is 1. The molecular weight excluding hydrogens is 472 g/mol. The number of halogens is 1. The standard InChI is InChI=1S/C26H30N2O6.ClH/c1-5-33-16-21-27-23(26(3,4)32)22(25(31)34-6-2)28(21)15-17-11-13-18(14-12-17)19-9-7-8-10-20(19)24(29)30;/h7-14,32H,5-6,15-16H2,1-4H3,(H,29,30);1H. The first-order valence-corrected chi connectivity index (χ1v) is 11.2. The number of rotatable bonds is 10. The monoisotopic (exact) mass is 502 g/mol. The number of hydrogen-bond donors (Lipinski definition) is 2. The number of nitrogens with zero attached hydrogens (tertiary/aromatic N) is 2. The van der Waals surface area contributed by atoms with Gasteiger partial charge in [-0.2, -0.15) is 0 Å². The molecule has 0 aliphatic heterocycles. The molecule has 0 spiro atoms. The van der Waals surface area contributed by atoms with Gasteiger partial charge in [-0.15, -0.1) is 12.4 Å². The molecule has 0 amide bonds. The van der Waals surface area contributed by atoms with Gasteiger partial charge in [0.05, 0.1) is 12.2 Å². The van der Waals surface area contributed by atoms with Crippen LogP contribution >= 0.6 is 12.4 Å². The largest absolute Gasteiger partial charge is 0.478 e. The first-order valence-electron chi connectivity index (χ1n) is 11.2. The number of ether oxygens (including phenoxy) is 2. The summed E-state index contributed by atoms with van der Waals surface area (Å²) in [4.78, 5) is 29.0. The number of aromatic carboxylic acids is 1. The molecule has 9 heteroatoms. The zero-order chi connectivity index (χ0) is 24.9. The number of carboxylic acids is 1. The molecule has 188 valence electrons. The summed E-state index contributed by atoms with van der Waals surface area (Å²) >= 11 is 0. The first-order chi connectivity index (χ1) is 16.2. The predicted octanol–water partition coefficient (Wildman–Crippen LogP) is 4.66. The fraction of sp³-hybridized carbons (Fsp3) is 0.346. The number of aromatic nitrogens is 2. The normalized spacial score (nSPS) is 11.1. The molecule has 0 unspecified atom stereocenters. The SMILES string of the molecule is CCOCc1nc(C(C)(C)O)c(C(=O)OCC)n1Cc1ccc(-c2ccccc2C(=O)O)cc1.Cl. The van der Waals surface area contributed by atoms with Crippen LogP contribution in [0.2, 0.25) is 0 Å². The van der Waals surface area contributed by atoms with Crippen LogP contribution in [0, 0.1) is 0 Å². The lowest BCUT2D eigenvalue weighted by Crippen LogP contribution is -2.23. The Morgan fingerprint density at radius 1 is 1.03 bits per heavy atom. The van der Waals surface area contributed by atoms with Gasteiger partial charge < -0.3 is 24.3 Å². The molecule has 0 aliphatic rings. The van der Waals surface area contributed by atoms with E-state index in [-0.39, 0.29) is 42.6 Å². The van der Waals surface area contributed by atoms with Crippen LogP contribution in [0.1, 0.15) is 65.6 Å². The molecule has 2 aromatic carbocycles. The van der Waals surface area contributed by atoms with E-state index in [0.717, 1.165) is 11.1 Å². The summed E-state index contributed by atoms with van der Waals surface area (Å²) in [7, 11) is 0. The van der Waals surface area contributed by atoms with Crippen LogP contribution in [0.15, 0.2) is 48.5 Å². The van der Waals surface area contributed by atoms with E-state index in [1.165, 1.54) is 0 Å². The topological polar surface area (TPSA) is 111 Å². The van der Waals surface area contributed by atoms with Crippen LogP contribution in [0.25, 0.3) is 11.1 Å². The Labute approximate surface area is 210 Å². The molecule has 35 heavy (non-hydrogen) atoms. The van der Waals surface area contributed by atoms with E-state index in [0.29, 0.717) is 24.5 Å². The number of hydrogen-bond acceptors (Lipinski definition) is 6. The lowest BCUT2D eigenvalue weighted by atomic mass is 9.98. The summed E-state index contributed by atoms with van der Waals surface area (Å²) < 4.78 is 12.5. The second-order valence-electron chi connectivity index (χ2n) is 8.28. The van der Waals surface area contributed by atoms with Gasteiger partial charge in [-0.3, -0.25) is 0 Å². The van der Waals surface area contributed by atoms with Crippen molar-refractivity contribution in [2.45, 2.75) is 46.4 Å². The predicted molar refractivity (Wildman–Crippen MR) is 134 cm³/mol. The highest BCUT2D eigenvalue weighted by atomic mass is 35.5. The third-order valence-electron chi connectivity index (χ3n) is 5.29. The van der Waals surface area contributed by atoms with Gasteiger partial charge in [0, 0.05) is 13.2 Å². The fourth-order valence-electron chi connectivity index (χ4n) is 3.70. The third kappa shape index (κ3) is 6.48. The highest BCUT2D eigenvalue weighted by Crippen LogP contribution is 2.28. The van der Waals surface area contributed by atoms with Gasteiger partial charge >= 0.3 is 11.9 Å². The molecule has 0 saturated heterocycles. The Bertz CT molecular complexity index is 1170. The van der Waals surface area contributed by atoms with Crippen molar-refractivity contribution >= 4 is 24.3 Å². The molecule has 0 aliphatic carbocycles. The second-order valence-corrected chi connectivity index (χ2v) is 8.28. The van der Waals surface area contributed by atoms with Crippen LogP contribution < -0.4 is 0 Å². The molecule has 1 heterocycles. The zero-order valence-corrected chi connectivity index (χ0v) is 21.1. The van der Waals surface area contributed by atoms with Crippen molar-refractivity contribution in [1.82, 2.24) is 9.55 Å².